The van der Waals surface area contributed by atoms with Gasteiger partial charge in [0.25, 0.3) is 5.91 Å². The molecule has 4 nitrogen and oxygen atoms in total. The lowest BCUT2D eigenvalue weighted by Gasteiger charge is -2.23. The van der Waals surface area contributed by atoms with E-state index in [1.807, 2.05) is 58.0 Å². The molecule has 0 aromatic heterocycles. The van der Waals surface area contributed by atoms with Crippen molar-refractivity contribution in [3.63, 3.8) is 0 Å². The first-order valence-electron chi connectivity index (χ1n) is 8.14. The van der Waals surface area contributed by atoms with E-state index in [1.54, 1.807) is 12.1 Å². The van der Waals surface area contributed by atoms with Crippen molar-refractivity contribution < 1.29 is 9.53 Å². The van der Waals surface area contributed by atoms with E-state index in [-0.39, 0.29) is 11.5 Å². The van der Waals surface area contributed by atoms with Crippen LogP contribution in [0.2, 0.25) is 0 Å². The van der Waals surface area contributed by atoms with Gasteiger partial charge in [0, 0.05) is 24.2 Å². The molecule has 3 N–H and O–H groups in total. The number of carbonyl (C=O) groups is 1. The van der Waals surface area contributed by atoms with Gasteiger partial charge in [0.1, 0.15) is 11.4 Å². The van der Waals surface area contributed by atoms with Gasteiger partial charge in [0.2, 0.25) is 0 Å². The molecular weight excluding hydrogens is 300 g/mol. The zero-order valence-electron chi connectivity index (χ0n) is 14.8. The number of carbonyl (C=O) groups excluding carboxylic acids is 1. The first-order valence-corrected chi connectivity index (χ1v) is 8.14. The van der Waals surface area contributed by atoms with E-state index in [0.29, 0.717) is 18.7 Å². The number of amides is 1. The van der Waals surface area contributed by atoms with Crippen LogP contribution in [0.3, 0.4) is 0 Å². The first-order chi connectivity index (χ1) is 11.3. The van der Waals surface area contributed by atoms with Crippen LogP contribution in [0.4, 0.5) is 0 Å². The van der Waals surface area contributed by atoms with Gasteiger partial charge < -0.3 is 15.8 Å². The molecule has 128 valence electrons. The van der Waals surface area contributed by atoms with Gasteiger partial charge in [-0.25, -0.2) is 0 Å². The number of aryl methyl sites for hydroxylation is 1. The van der Waals surface area contributed by atoms with Crippen LogP contribution in [0.1, 0.15) is 47.8 Å². The maximum atomic E-state index is 12.3. The van der Waals surface area contributed by atoms with Crippen LogP contribution in [-0.2, 0) is 13.1 Å². The number of nitrogens with two attached hydrogens (primary N) is 1. The summed E-state index contributed by atoms with van der Waals surface area (Å²) in [6.07, 6.45) is 0. The molecule has 0 spiro atoms. The molecule has 4 heteroatoms. The molecule has 2 aromatic carbocycles. The highest BCUT2D eigenvalue weighted by atomic mass is 16.5. The van der Waals surface area contributed by atoms with Crippen LogP contribution in [0, 0.1) is 6.92 Å². The molecule has 2 aromatic rings. The molecule has 0 saturated heterocycles. The smallest absolute Gasteiger partial charge is 0.251 e. The van der Waals surface area contributed by atoms with E-state index >= 15 is 0 Å². The Morgan fingerprint density at radius 3 is 2.38 bits per heavy atom. The molecular formula is C20H26N2O2. The Bertz CT molecular complexity index is 701. The Kier molecular flexibility index (Phi) is 5.62. The van der Waals surface area contributed by atoms with Gasteiger partial charge in [-0.05, 0) is 57.0 Å². The molecule has 0 bridgehead atoms. The minimum absolute atomic E-state index is 0.110. The summed E-state index contributed by atoms with van der Waals surface area (Å²) in [5.41, 5.74) is 9.00. The predicted octanol–water partition coefficient (Wildman–Crippen LogP) is 3.56. The number of hydrogen-bond donors (Lipinski definition) is 2. The molecule has 24 heavy (non-hydrogen) atoms. The maximum Gasteiger partial charge on any atom is 0.251 e. The lowest BCUT2D eigenvalue weighted by atomic mass is 10.1. The Morgan fingerprint density at radius 1 is 1.12 bits per heavy atom. The van der Waals surface area contributed by atoms with Crippen molar-refractivity contribution in [3.05, 3.63) is 64.7 Å². The van der Waals surface area contributed by atoms with Gasteiger partial charge >= 0.3 is 0 Å². The number of ether oxygens (including phenoxy) is 1. The van der Waals surface area contributed by atoms with E-state index in [4.69, 9.17) is 10.5 Å². The summed E-state index contributed by atoms with van der Waals surface area (Å²) in [4.78, 5) is 12.3. The second-order valence-corrected chi connectivity index (χ2v) is 6.91. The monoisotopic (exact) mass is 326 g/mol. The van der Waals surface area contributed by atoms with Crippen LogP contribution in [0.15, 0.2) is 42.5 Å². The van der Waals surface area contributed by atoms with Crippen molar-refractivity contribution in [3.8, 4) is 5.75 Å². The minimum atomic E-state index is -0.287. The first kappa shape index (κ1) is 18.0. The van der Waals surface area contributed by atoms with Crippen LogP contribution in [-0.4, -0.2) is 11.5 Å². The zero-order chi connectivity index (χ0) is 17.7. The fourth-order valence-electron chi connectivity index (χ4n) is 2.30. The number of nitrogens with one attached hydrogen (secondary N) is 1. The topological polar surface area (TPSA) is 64.4 Å². The number of rotatable bonds is 5. The Morgan fingerprint density at radius 2 is 1.79 bits per heavy atom. The second kappa shape index (κ2) is 7.49. The van der Waals surface area contributed by atoms with Crippen molar-refractivity contribution >= 4 is 5.91 Å². The van der Waals surface area contributed by atoms with Gasteiger partial charge in [0.15, 0.2) is 0 Å². The second-order valence-electron chi connectivity index (χ2n) is 6.91. The normalized spacial score (nSPS) is 11.2. The average molecular weight is 326 g/mol. The van der Waals surface area contributed by atoms with Crippen LogP contribution in [0.25, 0.3) is 0 Å². The van der Waals surface area contributed by atoms with Crippen molar-refractivity contribution in [2.24, 2.45) is 5.73 Å². The van der Waals surface area contributed by atoms with Crippen molar-refractivity contribution in [2.75, 3.05) is 0 Å². The van der Waals surface area contributed by atoms with E-state index in [2.05, 4.69) is 5.32 Å². The Labute approximate surface area is 144 Å². The fraction of sp³-hybridized carbons (Fsp3) is 0.350. The largest absolute Gasteiger partial charge is 0.488 e. The van der Waals surface area contributed by atoms with Crippen molar-refractivity contribution in [2.45, 2.75) is 46.4 Å². The summed E-state index contributed by atoms with van der Waals surface area (Å²) in [7, 11) is 0. The Hall–Kier alpha value is -2.33. The molecule has 0 atom stereocenters. The molecule has 0 fully saturated rings. The van der Waals surface area contributed by atoms with Gasteiger partial charge in [-0.2, -0.15) is 0 Å². The summed E-state index contributed by atoms with van der Waals surface area (Å²) in [6.45, 7) is 8.95. The highest BCUT2D eigenvalue weighted by Crippen LogP contribution is 2.24. The van der Waals surface area contributed by atoms with Crippen molar-refractivity contribution in [1.82, 2.24) is 5.32 Å². The summed E-state index contributed by atoms with van der Waals surface area (Å²) in [6, 6.07) is 13.3. The molecule has 0 radical (unpaired) electrons. The van der Waals surface area contributed by atoms with E-state index in [1.165, 1.54) is 0 Å². The molecule has 0 aliphatic rings. The average Bonchev–Trinajstić information content (AvgIpc) is 2.52. The third-order valence-electron chi connectivity index (χ3n) is 3.53. The summed E-state index contributed by atoms with van der Waals surface area (Å²) in [5.74, 6) is 0.696. The SMILES string of the molecule is Cc1ccc(CNC(=O)c2ccc(CN)cc2)c(OC(C)(C)C)c1. The summed E-state index contributed by atoms with van der Waals surface area (Å²) >= 11 is 0. The summed E-state index contributed by atoms with van der Waals surface area (Å²) in [5, 5.41) is 2.95. The molecule has 1 amide bonds. The lowest BCUT2D eigenvalue weighted by molar-refractivity contribution is 0.0949. The fourth-order valence-corrected chi connectivity index (χ4v) is 2.30. The summed E-state index contributed by atoms with van der Waals surface area (Å²) < 4.78 is 6.02. The molecule has 0 heterocycles. The zero-order valence-corrected chi connectivity index (χ0v) is 14.8. The van der Waals surface area contributed by atoms with Crippen molar-refractivity contribution in [1.29, 1.82) is 0 Å². The Balaban J connectivity index is 2.09. The van der Waals surface area contributed by atoms with E-state index in [0.717, 1.165) is 22.4 Å². The number of benzene rings is 2. The van der Waals surface area contributed by atoms with Crippen LogP contribution in [0.5, 0.6) is 5.75 Å². The quantitative estimate of drug-likeness (QED) is 0.883. The van der Waals surface area contributed by atoms with Gasteiger partial charge in [0.05, 0.1) is 0 Å². The van der Waals surface area contributed by atoms with Gasteiger partial charge in [-0.1, -0.05) is 24.3 Å². The predicted molar refractivity (Wildman–Crippen MR) is 97.1 cm³/mol. The highest BCUT2D eigenvalue weighted by Gasteiger charge is 2.15. The third-order valence-corrected chi connectivity index (χ3v) is 3.53. The number of hydrogen-bond acceptors (Lipinski definition) is 3. The van der Waals surface area contributed by atoms with Crippen LogP contribution < -0.4 is 15.8 Å². The third kappa shape index (κ3) is 5.10. The highest BCUT2D eigenvalue weighted by molar-refractivity contribution is 5.94. The molecule has 0 unspecified atom stereocenters. The standard InChI is InChI=1S/C20H26N2O2/c1-14-5-8-17(18(11-14)24-20(2,3)4)13-22-19(23)16-9-6-15(12-21)7-10-16/h5-11H,12-13,21H2,1-4H3,(H,22,23). The van der Waals surface area contributed by atoms with Gasteiger partial charge in [-0.3, -0.25) is 4.79 Å². The van der Waals surface area contributed by atoms with E-state index in [9.17, 15) is 4.79 Å². The molecule has 0 aliphatic carbocycles. The molecule has 0 aliphatic heterocycles. The van der Waals surface area contributed by atoms with E-state index < -0.39 is 0 Å². The minimum Gasteiger partial charge on any atom is -0.488 e. The lowest BCUT2D eigenvalue weighted by Crippen LogP contribution is -2.26. The molecule has 0 saturated carbocycles. The van der Waals surface area contributed by atoms with Gasteiger partial charge in [-0.15, -0.1) is 0 Å². The maximum absolute atomic E-state index is 12.3. The van der Waals surface area contributed by atoms with Crippen LogP contribution >= 0.6 is 0 Å². The molecule has 2 rings (SSSR count).